The van der Waals surface area contributed by atoms with Gasteiger partial charge in [-0.2, -0.15) is 0 Å². The molecule has 9 heteroatoms. The third-order valence-corrected chi connectivity index (χ3v) is 7.22. The van der Waals surface area contributed by atoms with Gasteiger partial charge in [-0.3, -0.25) is 24.0 Å². The molecule has 0 aromatic heterocycles. The van der Waals surface area contributed by atoms with Crippen molar-refractivity contribution in [2.45, 2.75) is 141 Å². The average Bonchev–Trinajstić information content (AvgIpc) is 2.88. The van der Waals surface area contributed by atoms with E-state index in [-0.39, 0.29) is 49.2 Å². The molecule has 0 rings (SSSR count). The van der Waals surface area contributed by atoms with Gasteiger partial charge in [-0.15, -0.1) is 0 Å². The smallest absolute Gasteiger partial charge is 0.306 e. The van der Waals surface area contributed by atoms with Crippen LogP contribution >= 0.6 is 0 Å². The number of amides is 1. The number of nitrogens with one attached hydrogen (secondary N) is 2. The van der Waals surface area contributed by atoms with E-state index in [1.165, 1.54) is 32.1 Å². The topological polar surface area (TPSA) is 150 Å². The van der Waals surface area contributed by atoms with Crippen LogP contribution in [-0.2, 0) is 24.0 Å². The highest BCUT2D eigenvalue weighted by atomic mass is 16.4. The Morgan fingerprint density at radius 2 is 1.15 bits per heavy atom. The molecule has 0 aliphatic carbocycles. The minimum absolute atomic E-state index is 0.0185. The quantitative estimate of drug-likeness (QED) is 0.0934. The second kappa shape index (κ2) is 24.7. The second-order valence-electron chi connectivity index (χ2n) is 10.8. The first-order valence-electron chi connectivity index (χ1n) is 15.1. The van der Waals surface area contributed by atoms with Gasteiger partial charge in [0.2, 0.25) is 5.91 Å². The van der Waals surface area contributed by atoms with Crippen LogP contribution in [0.4, 0.5) is 0 Å². The van der Waals surface area contributed by atoms with Gasteiger partial charge >= 0.3 is 11.9 Å². The molecule has 1 amide bonds. The summed E-state index contributed by atoms with van der Waals surface area (Å²) in [5.41, 5.74) is 0. The summed E-state index contributed by atoms with van der Waals surface area (Å²) in [6.45, 7) is 2.04. The van der Waals surface area contributed by atoms with Crippen LogP contribution in [0.3, 0.4) is 0 Å². The molecular formula is C30H54N2O7. The molecule has 0 saturated carbocycles. The summed E-state index contributed by atoms with van der Waals surface area (Å²) in [5.74, 6) is -2.73. The fourth-order valence-corrected chi connectivity index (χ4v) is 4.70. The maximum Gasteiger partial charge on any atom is 0.306 e. The van der Waals surface area contributed by atoms with Gasteiger partial charge in [-0.05, 0) is 52.5 Å². The summed E-state index contributed by atoms with van der Waals surface area (Å²) in [4.78, 5) is 57.8. The Morgan fingerprint density at radius 3 is 1.62 bits per heavy atom. The summed E-state index contributed by atoms with van der Waals surface area (Å²) in [7, 11) is 1.75. The van der Waals surface area contributed by atoms with Crippen molar-refractivity contribution in [1.82, 2.24) is 10.6 Å². The largest absolute Gasteiger partial charge is 0.481 e. The zero-order valence-electron chi connectivity index (χ0n) is 24.4. The second-order valence-corrected chi connectivity index (χ2v) is 10.8. The van der Waals surface area contributed by atoms with E-state index in [1.807, 2.05) is 0 Å². The zero-order chi connectivity index (χ0) is 29.3. The first kappa shape index (κ1) is 36.7. The maximum absolute atomic E-state index is 12.3. The highest BCUT2D eigenvalue weighted by molar-refractivity contribution is 5.84. The molecule has 2 atom stereocenters. The number of hydrogen-bond acceptors (Lipinski definition) is 6. The van der Waals surface area contributed by atoms with Crippen LogP contribution in [0.2, 0.25) is 0 Å². The average molecular weight is 555 g/mol. The lowest BCUT2D eigenvalue weighted by Gasteiger charge is -2.13. The molecule has 0 aliphatic heterocycles. The highest BCUT2D eigenvalue weighted by Gasteiger charge is 2.22. The lowest BCUT2D eigenvalue weighted by Crippen LogP contribution is -2.32. The number of rotatable bonds is 28. The molecule has 9 nitrogen and oxygen atoms in total. The van der Waals surface area contributed by atoms with Crippen LogP contribution in [-0.4, -0.2) is 59.3 Å². The van der Waals surface area contributed by atoms with Crippen molar-refractivity contribution in [3.63, 3.8) is 0 Å². The van der Waals surface area contributed by atoms with Crippen molar-refractivity contribution in [2.24, 2.45) is 5.92 Å². The number of unbranched alkanes of at least 4 members (excludes halogenated alkanes) is 12. The van der Waals surface area contributed by atoms with Crippen molar-refractivity contribution in [3.05, 3.63) is 0 Å². The number of carboxylic acids is 2. The van der Waals surface area contributed by atoms with Gasteiger partial charge in [0.15, 0.2) is 0 Å². The highest BCUT2D eigenvalue weighted by Crippen LogP contribution is 2.17. The summed E-state index contributed by atoms with van der Waals surface area (Å²) in [6, 6.07) is -0.162. The molecule has 0 aromatic carbocycles. The van der Waals surface area contributed by atoms with Crippen LogP contribution in [0.5, 0.6) is 0 Å². The molecule has 0 saturated heterocycles. The number of aliphatic carboxylic acids is 2. The Kier molecular flexibility index (Phi) is 23.3. The Hall–Kier alpha value is -2.29. The van der Waals surface area contributed by atoms with Gasteiger partial charge < -0.3 is 20.8 Å². The van der Waals surface area contributed by atoms with E-state index in [2.05, 4.69) is 10.6 Å². The first-order chi connectivity index (χ1) is 18.7. The number of likely N-dealkylation sites (N-methyl/N-ethyl adjacent to an activating group) is 1. The van der Waals surface area contributed by atoms with E-state index in [4.69, 9.17) is 5.11 Å². The van der Waals surface area contributed by atoms with E-state index in [0.29, 0.717) is 19.4 Å². The molecule has 226 valence electrons. The fourth-order valence-electron chi connectivity index (χ4n) is 4.70. The van der Waals surface area contributed by atoms with Crippen molar-refractivity contribution in [1.29, 1.82) is 0 Å². The van der Waals surface area contributed by atoms with Crippen molar-refractivity contribution in [3.8, 4) is 0 Å². The van der Waals surface area contributed by atoms with Gasteiger partial charge in [0.25, 0.3) is 0 Å². The van der Waals surface area contributed by atoms with Crippen LogP contribution in [0.15, 0.2) is 0 Å². The number of carboxylic acid groups (broad SMARTS) is 2. The number of carbonyl (C=O) groups is 5. The lowest BCUT2D eigenvalue weighted by atomic mass is 9.94. The summed E-state index contributed by atoms with van der Waals surface area (Å²) in [6.07, 6.45) is 16.0. The molecule has 4 N–H and O–H groups in total. The molecule has 2 unspecified atom stereocenters. The minimum Gasteiger partial charge on any atom is -0.481 e. The first-order valence-corrected chi connectivity index (χ1v) is 15.1. The standard InChI is InChI=1S/C30H54N2O7/c1-24(33)27(31-2)18-15-16-22-32-28(35)21-20-25(30(38)39)23-26(34)17-13-11-9-7-5-3-4-6-8-10-12-14-19-29(36)37/h25,27,31H,3-23H2,1-2H3,(H,32,35)(H,36,37)(H,38,39). The molecule has 0 aliphatic rings. The molecule has 0 aromatic rings. The lowest BCUT2D eigenvalue weighted by molar-refractivity contribution is -0.144. The Bertz CT molecular complexity index is 711. The van der Waals surface area contributed by atoms with Crippen molar-refractivity contribution in [2.75, 3.05) is 13.6 Å². The fraction of sp³-hybridized carbons (Fsp3) is 0.833. The van der Waals surface area contributed by atoms with Gasteiger partial charge in [-0.1, -0.05) is 64.2 Å². The predicted octanol–water partition coefficient (Wildman–Crippen LogP) is 5.44. The molecule has 0 bridgehead atoms. The monoisotopic (exact) mass is 554 g/mol. The van der Waals surface area contributed by atoms with Crippen LogP contribution < -0.4 is 10.6 Å². The van der Waals surface area contributed by atoms with Crippen LogP contribution in [0.1, 0.15) is 135 Å². The number of carbonyl (C=O) groups excluding carboxylic acids is 3. The number of ketones is 2. The van der Waals surface area contributed by atoms with E-state index >= 15 is 0 Å². The van der Waals surface area contributed by atoms with E-state index in [0.717, 1.165) is 57.8 Å². The summed E-state index contributed by atoms with van der Waals surface area (Å²) >= 11 is 0. The third-order valence-electron chi connectivity index (χ3n) is 7.22. The molecule has 0 heterocycles. The van der Waals surface area contributed by atoms with E-state index in [9.17, 15) is 29.1 Å². The van der Waals surface area contributed by atoms with E-state index < -0.39 is 17.9 Å². The normalized spacial score (nSPS) is 12.6. The van der Waals surface area contributed by atoms with Crippen LogP contribution in [0.25, 0.3) is 0 Å². The van der Waals surface area contributed by atoms with E-state index in [1.54, 1.807) is 14.0 Å². The summed E-state index contributed by atoms with van der Waals surface area (Å²) in [5, 5.41) is 23.8. The summed E-state index contributed by atoms with van der Waals surface area (Å²) < 4.78 is 0. The van der Waals surface area contributed by atoms with Crippen LogP contribution in [0, 0.1) is 5.92 Å². The number of hydrogen-bond donors (Lipinski definition) is 4. The SMILES string of the molecule is CNC(CCCCNC(=O)CCC(CC(=O)CCCCCCCCCCCCCCC(=O)O)C(=O)O)C(C)=O. The number of Topliss-reactive ketones (excluding diaryl/α,β-unsaturated/α-hetero) is 2. The molecule has 0 radical (unpaired) electrons. The zero-order valence-corrected chi connectivity index (χ0v) is 24.4. The van der Waals surface area contributed by atoms with Crippen molar-refractivity contribution >= 4 is 29.4 Å². The van der Waals surface area contributed by atoms with Gasteiger partial charge in [0.05, 0.1) is 12.0 Å². The third kappa shape index (κ3) is 23.3. The Labute approximate surface area is 235 Å². The van der Waals surface area contributed by atoms with Gasteiger partial charge in [0.1, 0.15) is 11.6 Å². The maximum atomic E-state index is 12.3. The van der Waals surface area contributed by atoms with Gasteiger partial charge in [-0.25, -0.2) is 0 Å². The molecule has 39 heavy (non-hydrogen) atoms. The predicted molar refractivity (Wildman–Crippen MR) is 153 cm³/mol. The molecular weight excluding hydrogens is 500 g/mol. The molecule has 0 spiro atoms. The minimum atomic E-state index is -1.03. The van der Waals surface area contributed by atoms with Gasteiger partial charge in [0, 0.05) is 32.2 Å². The Balaban J connectivity index is 3.78. The molecule has 0 fully saturated rings. The Morgan fingerprint density at radius 1 is 0.641 bits per heavy atom. The van der Waals surface area contributed by atoms with Crippen molar-refractivity contribution < 1.29 is 34.2 Å².